The molecule has 2 aliphatic heterocycles. The molecule has 1 atom stereocenters. The van der Waals surface area contributed by atoms with Gasteiger partial charge in [-0.2, -0.15) is 0 Å². The Morgan fingerprint density at radius 1 is 0.944 bits per heavy atom. The number of hydrogen-bond donors (Lipinski definition) is 4. The quantitative estimate of drug-likeness (QED) is 0.284. The molecule has 36 heavy (non-hydrogen) atoms. The molecule has 4 N–H and O–H groups in total. The molecule has 0 bridgehead atoms. The first-order valence-electron chi connectivity index (χ1n) is 11.5. The molecule has 178 valence electrons. The van der Waals surface area contributed by atoms with Crippen molar-refractivity contribution in [3.8, 4) is 11.5 Å². The van der Waals surface area contributed by atoms with E-state index in [1.165, 1.54) is 18.8 Å². The maximum Gasteiger partial charge on any atom is 0.262 e. The van der Waals surface area contributed by atoms with Gasteiger partial charge in [0.2, 0.25) is 5.71 Å². The lowest BCUT2D eigenvalue weighted by Gasteiger charge is -2.20. The molecule has 2 aromatic carbocycles. The summed E-state index contributed by atoms with van der Waals surface area (Å²) in [7, 11) is 0. The number of hydrogen-bond acceptors (Lipinski definition) is 7. The van der Waals surface area contributed by atoms with Gasteiger partial charge < -0.3 is 15.5 Å². The van der Waals surface area contributed by atoms with Crippen molar-refractivity contribution in [3.05, 3.63) is 87.9 Å². The van der Waals surface area contributed by atoms with Gasteiger partial charge >= 0.3 is 0 Å². The monoisotopic (exact) mass is 530 g/mol. The molecule has 9 heteroatoms. The smallest absolute Gasteiger partial charge is 0.262 e. The number of carbonyl (C=O) groups excluding carboxylic acids is 1. The summed E-state index contributed by atoms with van der Waals surface area (Å²) in [6, 6.07) is 18.0. The van der Waals surface area contributed by atoms with Crippen LogP contribution in [-0.4, -0.2) is 39.3 Å². The van der Waals surface area contributed by atoms with Crippen LogP contribution < -0.4 is 10.3 Å². The third-order valence-corrected chi connectivity index (χ3v) is 10.2. The Labute approximate surface area is 218 Å². The van der Waals surface area contributed by atoms with Gasteiger partial charge in [0.25, 0.3) is 11.6 Å². The molecule has 3 aromatic heterocycles. The molecule has 1 saturated heterocycles. The number of rotatable bonds is 4. The molecule has 7 rings (SSSR count). The summed E-state index contributed by atoms with van der Waals surface area (Å²) in [5, 5.41) is 25.0. The normalized spacial score (nSPS) is 17.7. The highest BCUT2D eigenvalue weighted by atomic mass is 32.1. The lowest BCUT2D eigenvalue weighted by molar-refractivity contribution is -0.349. The molecule has 5 aromatic rings. The Morgan fingerprint density at radius 3 is 2.47 bits per heavy atom. The van der Waals surface area contributed by atoms with E-state index in [9.17, 15) is 15.0 Å². The van der Waals surface area contributed by atoms with Gasteiger partial charge in [0.1, 0.15) is 29.0 Å². The first kappa shape index (κ1) is 21.6. The molecule has 0 radical (unpaired) electrons. The van der Waals surface area contributed by atoms with Crippen LogP contribution in [0.4, 0.5) is 0 Å². The summed E-state index contributed by atoms with van der Waals surface area (Å²) in [5.41, 5.74) is 3.71. The number of phenols is 2. The average Bonchev–Trinajstić information content (AvgIpc) is 3.63. The largest absolute Gasteiger partial charge is 0.508 e. The summed E-state index contributed by atoms with van der Waals surface area (Å²) in [6.45, 7) is 0.413. The van der Waals surface area contributed by atoms with Crippen LogP contribution in [0, 0.1) is 0 Å². The van der Waals surface area contributed by atoms with Crippen LogP contribution in [0.3, 0.4) is 0 Å². The van der Waals surface area contributed by atoms with Gasteiger partial charge in [0, 0.05) is 21.4 Å². The van der Waals surface area contributed by atoms with Gasteiger partial charge in [-0.1, -0.05) is 12.1 Å². The van der Waals surface area contributed by atoms with Crippen molar-refractivity contribution in [2.75, 3.05) is 6.54 Å². The molecule has 0 spiro atoms. The van der Waals surface area contributed by atoms with E-state index < -0.39 is 6.04 Å². The van der Waals surface area contributed by atoms with Crippen LogP contribution in [0.25, 0.3) is 24.5 Å². The fourth-order valence-corrected chi connectivity index (χ4v) is 8.55. The molecule has 6 nitrogen and oxygen atoms in total. The zero-order chi connectivity index (χ0) is 24.4. The highest BCUT2D eigenvalue weighted by molar-refractivity contribution is 7.38. The van der Waals surface area contributed by atoms with Gasteiger partial charge in [-0.05, 0) is 59.5 Å². The SMILES string of the molecule is O=C1C(Cc2ccc(O)cc2)NC2=C(c3cc4sc5ccsc5c4s3)[NH+]=C(c3ccc(O)cc3)CN12. The second kappa shape index (κ2) is 8.19. The number of phenolic OH excluding ortho intramolecular Hbond substituents is 2. The second-order valence-electron chi connectivity index (χ2n) is 8.89. The lowest BCUT2D eigenvalue weighted by Crippen LogP contribution is -2.75. The molecule has 1 amide bonds. The first-order valence-corrected chi connectivity index (χ1v) is 14.0. The number of carbonyl (C=O) groups is 1. The summed E-state index contributed by atoms with van der Waals surface area (Å²) in [4.78, 5) is 20.1. The summed E-state index contributed by atoms with van der Waals surface area (Å²) >= 11 is 5.30. The minimum absolute atomic E-state index is 0.0207. The number of amides is 1. The predicted octanol–water partition coefficient (Wildman–Crippen LogP) is 3.84. The third-order valence-electron chi connectivity index (χ3n) is 6.57. The number of thiophene rings is 3. The maximum atomic E-state index is 13.6. The van der Waals surface area contributed by atoms with Gasteiger partial charge in [-0.3, -0.25) is 9.69 Å². The van der Waals surface area contributed by atoms with Gasteiger partial charge in [-0.15, -0.1) is 34.0 Å². The fraction of sp³-hybridized carbons (Fsp3) is 0.111. The Morgan fingerprint density at radius 2 is 1.69 bits per heavy atom. The Kier molecular flexibility index (Phi) is 4.92. The number of fused-ring (bicyclic) bond motifs is 4. The van der Waals surface area contributed by atoms with E-state index in [0.29, 0.717) is 13.0 Å². The van der Waals surface area contributed by atoms with E-state index in [4.69, 9.17) is 0 Å². The molecular weight excluding hydrogens is 511 g/mol. The second-order valence-corrected chi connectivity index (χ2v) is 11.9. The van der Waals surface area contributed by atoms with Crippen molar-refractivity contribution in [3.63, 3.8) is 0 Å². The number of nitrogens with one attached hydrogen (secondary N) is 2. The van der Waals surface area contributed by atoms with Crippen LogP contribution >= 0.6 is 34.0 Å². The van der Waals surface area contributed by atoms with Gasteiger partial charge in [0.05, 0.1) is 9.40 Å². The Balaban J connectivity index is 1.32. The molecule has 5 heterocycles. The summed E-state index contributed by atoms with van der Waals surface area (Å²) in [6.07, 6.45) is 0.524. The predicted molar refractivity (Wildman–Crippen MR) is 146 cm³/mol. The molecule has 1 fully saturated rings. The van der Waals surface area contributed by atoms with Crippen LogP contribution in [0.2, 0.25) is 0 Å². The van der Waals surface area contributed by atoms with Gasteiger partial charge in [-0.25, -0.2) is 4.99 Å². The molecule has 2 aliphatic rings. The zero-order valence-electron chi connectivity index (χ0n) is 18.8. The highest BCUT2D eigenvalue weighted by Crippen LogP contribution is 2.43. The van der Waals surface area contributed by atoms with Crippen LogP contribution in [0.1, 0.15) is 16.0 Å². The fourth-order valence-electron chi connectivity index (χ4n) is 4.78. The lowest BCUT2D eigenvalue weighted by atomic mass is 10.1. The first-order chi connectivity index (χ1) is 17.5. The van der Waals surface area contributed by atoms with E-state index in [0.717, 1.165) is 33.2 Å². The standard InChI is InChI=1S/C27H19N3O3S3/c31-16-5-1-14(2-6-16)11-18-27(33)30-13-19(15-3-7-17(32)8-4-15)28-23(26(30)29-18)21-12-22-25(36-21)24-20(35-22)9-10-34-24/h1-10,12,18,29,31-32H,11,13H2/p+1. The Bertz CT molecular complexity index is 1710. The average molecular weight is 531 g/mol. The number of nitrogens with zero attached hydrogens (tertiary/aromatic N) is 1. The van der Waals surface area contributed by atoms with Crippen molar-refractivity contribution in [2.45, 2.75) is 12.5 Å². The number of benzene rings is 2. The summed E-state index contributed by atoms with van der Waals surface area (Å²) in [5.74, 6) is 1.23. The Hall–Kier alpha value is -3.66. The van der Waals surface area contributed by atoms with Crippen molar-refractivity contribution in [2.24, 2.45) is 0 Å². The molecule has 0 saturated carbocycles. The van der Waals surface area contributed by atoms with E-state index in [-0.39, 0.29) is 17.4 Å². The van der Waals surface area contributed by atoms with Gasteiger partial charge in [0.15, 0.2) is 5.82 Å². The van der Waals surface area contributed by atoms with E-state index in [1.54, 1.807) is 58.3 Å². The minimum atomic E-state index is -0.398. The minimum Gasteiger partial charge on any atom is -0.508 e. The topological polar surface area (TPSA) is 86.8 Å². The maximum absolute atomic E-state index is 13.6. The van der Waals surface area contributed by atoms with Crippen molar-refractivity contribution in [1.29, 1.82) is 0 Å². The van der Waals surface area contributed by atoms with Crippen LogP contribution in [-0.2, 0) is 11.2 Å². The number of aromatic hydroxyl groups is 2. The van der Waals surface area contributed by atoms with E-state index in [2.05, 4.69) is 27.8 Å². The van der Waals surface area contributed by atoms with E-state index in [1.807, 2.05) is 29.2 Å². The molecule has 0 aliphatic carbocycles. The van der Waals surface area contributed by atoms with Crippen LogP contribution in [0.15, 0.2) is 71.9 Å². The highest BCUT2D eigenvalue weighted by Gasteiger charge is 2.43. The van der Waals surface area contributed by atoms with Crippen molar-refractivity contribution < 1.29 is 20.0 Å². The van der Waals surface area contributed by atoms with Crippen LogP contribution in [0.5, 0.6) is 11.5 Å². The molecular formula is C27H20N3O3S3+. The van der Waals surface area contributed by atoms with Crippen molar-refractivity contribution >= 4 is 70.1 Å². The van der Waals surface area contributed by atoms with E-state index >= 15 is 0 Å². The third kappa shape index (κ3) is 3.50. The summed E-state index contributed by atoms with van der Waals surface area (Å²) < 4.78 is 5.15. The van der Waals surface area contributed by atoms with Crippen molar-refractivity contribution in [1.82, 2.24) is 10.2 Å². The zero-order valence-corrected chi connectivity index (χ0v) is 21.3. The molecule has 1 unspecified atom stereocenters.